The van der Waals surface area contributed by atoms with Gasteiger partial charge in [0.1, 0.15) is 18.9 Å². The van der Waals surface area contributed by atoms with Gasteiger partial charge in [0.25, 0.3) is 0 Å². The number of hydrogen-bond acceptors (Lipinski definition) is 4. The quantitative estimate of drug-likeness (QED) is 0.770. The van der Waals surface area contributed by atoms with Crippen molar-refractivity contribution in [3.63, 3.8) is 0 Å². The van der Waals surface area contributed by atoms with E-state index < -0.39 is 11.9 Å². The summed E-state index contributed by atoms with van der Waals surface area (Å²) in [6.45, 7) is 0.708. The van der Waals surface area contributed by atoms with Gasteiger partial charge in [-0.2, -0.15) is 0 Å². The normalized spacial score (nSPS) is 23.5. The molecule has 2 atom stereocenters. The van der Waals surface area contributed by atoms with Crippen LogP contribution in [-0.4, -0.2) is 49.0 Å². The van der Waals surface area contributed by atoms with Gasteiger partial charge in [0.05, 0.1) is 6.10 Å². The molecule has 0 aromatic heterocycles. The highest BCUT2D eigenvalue weighted by molar-refractivity contribution is 6.03. The van der Waals surface area contributed by atoms with Crippen molar-refractivity contribution in [2.45, 2.75) is 12.5 Å². The van der Waals surface area contributed by atoms with Crippen LogP contribution in [0.3, 0.4) is 0 Å². The van der Waals surface area contributed by atoms with Gasteiger partial charge < -0.3 is 15.0 Å². The second-order valence-electron chi connectivity index (χ2n) is 5.91. The lowest BCUT2D eigenvalue weighted by Crippen LogP contribution is -2.40. The van der Waals surface area contributed by atoms with Crippen LogP contribution in [0.1, 0.15) is 18.1 Å². The fourth-order valence-electron chi connectivity index (χ4n) is 2.95. The zero-order valence-electron chi connectivity index (χ0n) is 13.0. The minimum absolute atomic E-state index is 0.0773. The second-order valence-corrected chi connectivity index (χ2v) is 5.91. The predicted octanol–water partition coefficient (Wildman–Crippen LogP) is 0.571. The van der Waals surface area contributed by atoms with Gasteiger partial charge in [0.15, 0.2) is 0 Å². The molecule has 2 aliphatic heterocycles. The number of imide groups is 1. The summed E-state index contributed by atoms with van der Waals surface area (Å²) >= 11 is 0. The zero-order valence-corrected chi connectivity index (χ0v) is 13.0. The smallest absolute Gasteiger partial charge is 0.325 e. The molecule has 3 rings (SSSR count). The molecule has 24 heavy (non-hydrogen) atoms. The maximum atomic E-state index is 13.0. The molecule has 0 spiro atoms. The van der Waals surface area contributed by atoms with Crippen molar-refractivity contribution in [3.8, 4) is 0 Å². The molecule has 2 heterocycles. The Morgan fingerprint density at radius 3 is 2.75 bits per heavy atom. The highest BCUT2D eigenvalue weighted by Gasteiger charge is 2.31. The van der Waals surface area contributed by atoms with E-state index in [4.69, 9.17) is 4.74 Å². The van der Waals surface area contributed by atoms with Crippen LogP contribution in [0.25, 0.3) is 0 Å². The van der Waals surface area contributed by atoms with Crippen molar-refractivity contribution in [2.24, 2.45) is 5.92 Å². The van der Waals surface area contributed by atoms with Gasteiger partial charge in [-0.1, -0.05) is 12.1 Å². The van der Waals surface area contributed by atoms with E-state index in [0.29, 0.717) is 13.2 Å². The molecule has 4 amide bonds. The lowest BCUT2D eigenvalue weighted by atomic mass is 9.95. The summed E-state index contributed by atoms with van der Waals surface area (Å²) < 4.78 is 18.7. The predicted molar refractivity (Wildman–Crippen MR) is 81.3 cm³/mol. The van der Waals surface area contributed by atoms with Crippen LogP contribution in [-0.2, 0) is 14.3 Å². The first kappa shape index (κ1) is 16.4. The number of nitrogens with zero attached hydrogens (tertiary/aromatic N) is 1. The van der Waals surface area contributed by atoms with Crippen molar-refractivity contribution in [3.05, 3.63) is 35.6 Å². The molecule has 1 aromatic rings. The number of ether oxygens (including phenoxy) is 1. The van der Waals surface area contributed by atoms with Crippen LogP contribution in [0.4, 0.5) is 9.18 Å². The SMILES string of the molecule is O=C(CN1CC(=O)NC1=O)NC[C@@H]1CCO[C@H]1c1ccc(F)cc1. The van der Waals surface area contributed by atoms with Crippen LogP contribution in [0.5, 0.6) is 0 Å². The molecule has 0 unspecified atom stereocenters. The van der Waals surface area contributed by atoms with Gasteiger partial charge in [-0.3, -0.25) is 14.9 Å². The Balaban J connectivity index is 1.51. The number of urea groups is 1. The monoisotopic (exact) mass is 335 g/mol. The molecule has 0 saturated carbocycles. The summed E-state index contributed by atoms with van der Waals surface area (Å²) in [6.07, 6.45) is 0.591. The molecular formula is C16H18FN3O4. The van der Waals surface area contributed by atoms with Crippen molar-refractivity contribution in [1.29, 1.82) is 0 Å². The Morgan fingerprint density at radius 1 is 1.33 bits per heavy atom. The highest BCUT2D eigenvalue weighted by Crippen LogP contribution is 2.34. The van der Waals surface area contributed by atoms with E-state index in [2.05, 4.69) is 10.6 Å². The van der Waals surface area contributed by atoms with Crippen molar-refractivity contribution >= 4 is 17.8 Å². The highest BCUT2D eigenvalue weighted by atomic mass is 19.1. The summed E-state index contributed by atoms with van der Waals surface area (Å²) in [7, 11) is 0. The van der Waals surface area contributed by atoms with E-state index in [1.54, 1.807) is 12.1 Å². The summed E-state index contributed by atoms with van der Waals surface area (Å²) in [5.41, 5.74) is 0.873. The number of carbonyl (C=O) groups excluding carboxylic acids is 3. The standard InChI is InChI=1S/C16H18FN3O4/c17-12-3-1-10(2-4-12)15-11(5-6-24-15)7-18-13(21)8-20-9-14(22)19-16(20)23/h1-4,11,15H,5-9H2,(H,18,21)(H,19,22,23)/t11-,15-/m0/s1. The first-order valence-corrected chi connectivity index (χ1v) is 7.75. The molecule has 0 aliphatic carbocycles. The maximum Gasteiger partial charge on any atom is 0.325 e. The number of benzene rings is 1. The molecule has 2 fully saturated rings. The molecule has 0 bridgehead atoms. The number of rotatable bonds is 5. The Hall–Kier alpha value is -2.48. The van der Waals surface area contributed by atoms with Crippen LogP contribution in [0, 0.1) is 11.7 Å². The largest absolute Gasteiger partial charge is 0.373 e. The molecular weight excluding hydrogens is 317 g/mol. The molecule has 7 nitrogen and oxygen atoms in total. The number of nitrogens with one attached hydrogen (secondary N) is 2. The Labute approximate surface area is 138 Å². The zero-order chi connectivity index (χ0) is 17.1. The summed E-state index contributed by atoms with van der Waals surface area (Å²) in [4.78, 5) is 35.6. The fourth-order valence-corrected chi connectivity index (χ4v) is 2.95. The van der Waals surface area contributed by atoms with Crippen LogP contribution in [0.2, 0.25) is 0 Å². The second kappa shape index (κ2) is 6.96. The molecule has 2 saturated heterocycles. The molecule has 8 heteroatoms. The van der Waals surface area contributed by atoms with Crippen LogP contribution < -0.4 is 10.6 Å². The minimum Gasteiger partial charge on any atom is -0.373 e. The van der Waals surface area contributed by atoms with Gasteiger partial charge in [-0.15, -0.1) is 0 Å². The van der Waals surface area contributed by atoms with Gasteiger partial charge in [-0.05, 0) is 24.1 Å². The Bertz CT molecular complexity index is 649. The number of halogens is 1. The minimum atomic E-state index is -0.552. The van der Waals surface area contributed by atoms with Gasteiger partial charge >= 0.3 is 6.03 Å². The molecule has 2 N–H and O–H groups in total. The third-order valence-corrected chi connectivity index (χ3v) is 4.18. The van der Waals surface area contributed by atoms with Gasteiger partial charge in [-0.25, -0.2) is 9.18 Å². The number of amides is 4. The summed E-state index contributed by atoms with van der Waals surface area (Å²) in [6, 6.07) is 5.58. The van der Waals surface area contributed by atoms with E-state index in [-0.39, 0.29) is 36.8 Å². The van der Waals surface area contributed by atoms with Gasteiger partial charge in [0.2, 0.25) is 11.8 Å². The first-order chi connectivity index (χ1) is 11.5. The van der Waals surface area contributed by atoms with Crippen LogP contribution in [0.15, 0.2) is 24.3 Å². The first-order valence-electron chi connectivity index (χ1n) is 7.75. The van der Waals surface area contributed by atoms with Crippen LogP contribution >= 0.6 is 0 Å². The molecule has 128 valence electrons. The average molecular weight is 335 g/mol. The average Bonchev–Trinajstić information content (AvgIpc) is 3.13. The lowest BCUT2D eigenvalue weighted by molar-refractivity contribution is -0.122. The summed E-state index contributed by atoms with van der Waals surface area (Å²) in [5.74, 6) is -0.966. The lowest BCUT2D eigenvalue weighted by Gasteiger charge is -2.20. The third-order valence-electron chi connectivity index (χ3n) is 4.18. The van der Waals surface area contributed by atoms with Crippen molar-refractivity contribution in [2.75, 3.05) is 26.2 Å². The van der Waals surface area contributed by atoms with E-state index >= 15 is 0 Å². The van der Waals surface area contributed by atoms with Crippen molar-refractivity contribution < 1.29 is 23.5 Å². The third kappa shape index (κ3) is 3.70. The number of hydrogen-bond donors (Lipinski definition) is 2. The van der Waals surface area contributed by atoms with E-state index in [0.717, 1.165) is 16.9 Å². The Morgan fingerprint density at radius 2 is 2.08 bits per heavy atom. The molecule has 1 aromatic carbocycles. The van der Waals surface area contributed by atoms with E-state index in [1.807, 2.05) is 0 Å². The summed E-state index contributed by atoms with van der Waals surface area (Å²) in [5, 5.41) is 4.89. The Kier molecular flexibility index (Phi) is 4.75. The number of carbonyl (C=O) groups is 3. The van der Waals surface area contributed by atoms with E-state index in [9.17, 15) is 18.8 Å². The molecule has 0 radical (unpaired) electrons. The maximum absolute atomic E-state index is 13.0. The molecule has 2 aliphatic rings. The fraction of sp³-hybridized carbons (Fsp3) is 0.438. The topological polar surface area (TPSA) is 87.7 Å². The van der Waals surface area contributed by atoms with E-state index in [1.165, 1.54) is 12.1 Å². The van der Waals surface area contributed by atoms with Crippen molar-refractivity contribution in [1.82, 2.24) is 15.5 Å². The van der Waals surface area contributed by atoms with Gasteiger partial charge in [0, 0.05) is 19.1 Å².